The van der Waals surface area contributed by atoms with Crippen molar-refractivity contribution in [2.75, 3.05) is 26.8 Å². The van der Waals surface area contributed by atoms with Gasteiger partial charge in [0.15, 0.2) is 0 Å². The number of rotatable bonds is 9. The number of benzene rings is 1. The lowest BCUT2D eigenvalue weighted by Crippen LogP contribution is -2.52. The highest BCUT2D eigenvalue weighted by Gasteiger charge is 2.34. The molecule has 1 aliphatic rings. The van der Waals surface area contributed by atoms with E-state index in [4.69, 9.17) is 4.74 Å². The second-order valence-corrected chi connectivity index (χ2v) is 8.54. The van der Waals surface area contributed by atoms with Gasteiger partial charge in [-0.05, 0) is 57.9 Å². The summed E-state index contributed by atoms with van der Waals surface area (Å²) in [6.45, 7) is 7.67. The Kier molecular flexibility index (Phi) is 9.51. The molecule has 1 aromatic rings. The van der Waals surface area contributed by atoms with Crippen molar-refractivity contribution in [3.63, 3.8) is 0 Å². The molecule has 6 nitrogen and oxygen atoms in total. The summed E-state index contributed by atoms with van der Waals surface area (Å²) < 4.78 is 43.9. The first-order chi connectivity index (χ1) is 15.1. The number of methoxy groups -OCH3 is 1. The summed E-state index contributed by atoms with van der Waals surface area (Å²) in [5, 5.41) is 5.38. The molecule has 2 amide bonds. The monoisotopic (exact) mass is 457 g/mol. The van der Waals surface area contributed by atoms with E-state index in [9.17, 15) is 22.8 Å². The Labute approximate surface area is 187 Å². The van der Waals surface area contributed by atoms with Gasteiger partial charge in [0.05, 0.1) is 18.7 Å². The van der Waals surface area contributed by atoms with E-state index in [1.54, 1.807) is 7.11 Å². The molecule has 0 saturated heterocycles. The van der Waals surface area contributed by atoms with Crippen LogP contribution in [-0.4, -0.2) is 61.6 Å². The van der Waals surface area contributed by atoms with Crippen LogP contribution in [0.2, 0.25) is 0 Å². The number of nitrogens with zero attached hydrogens (tertiary/aromatic N) is 1. The van der Waals surface area contributed by atoms with Crippen LogP contribution in [0.5, 0.6) is 0 Å². The zero-order chi connectivity index (χ0) is 23.9. The summed E-state index contributed by atoms with van der Waals surface area (Å²) in [5.41, 5.74) is -1.05. The maximum atomic E-state index is 12.8. The molecule has 0 aromatic heterocycles. The van der Waals surface area contributed by atoms with E-state index < -0.39 is 17.6 Å². The first-order valence-corrected chi connectivity index (χ1v) is 11.1. The van der Waals surface area contributed by atoms with Gasteiger partial charge in [-0.3, -0.25) is 14.5 Å². The van der Waals surface area contributed by atoms with Crippen molar-refractivity contribution in [3.05, 3.63) is 35.4 Å². The number of hydrogen-bond acceptors (Lipinski definition) is 4. The SMILES string of the molecule is CCN(C(C)C)[C@@H]1CC[C@H](NC(=O)CNC(=O)c2cccc(C(F)(F)F)c2)[C@@H](COC)C1. The lowest BCUT2D eigenvalue weighted by Gasteiger charge is -2.42. The van der Waals surface area contributed by atoms with Crippen molar-refractivity contribution >= 4 is 11.8 Å². The van der Waals surface area contributed by atoms with E-state index in [-0.39, 0.29) is 30.0 Å². The number of halogens is 3. The van der Waals surface area contributed by atoms with Gasteiger partial charge in [-0.15, -0.1) is 0 Å². The molecule has 2 N–H and O–H groups in total. The summed E-state index contributed by atoms with van der Waals surface area (Å²) >= 11 is 0. The first-order valence-electron chi connectivity index (χ1n) is 11.1. The Morgan fingerprint density at radius 1 is 1.25 bits per heavy atom. The highest BCUT2D eigenvalue weighted by Crippen LogP contribution is 2.30. The molecule has 1 aromatic carbocycles. The van der Waals surface area contributed by atoms with Crippen LogP contribution in [0, 0.1) is 5.92 Å². The Bertz CT molecular complexity index is 770. The van der Waals surface area contributed by atoms with Crippen LogP contribution in [0.1, 0.15) is 56.0 Å². The second-order valence-electron chi connectivity index (χ2n) is 8.54. The summed E-state index contributed by atoms with van der Waals surface area (Å²) in [6, 6.07) is 4.91. The van der Waals surface area contributed by atoms with Gasteiger partial charge in [0.2, 0.25) is 5.91 Å². The molecule has 9 heteroatoms. The third kappa shape index (κ3) is 7.20. The van der Waals surface area contributed by atoms with E-state index in [2.05, 4.69) is 36.3 Å². The number of alkyl halides is 3. The minimum Gasteiger partial charge on any atom is -0.384 e. The molecule has 0 radical (unpaired) electrons. The minimum absolute atomic E-state index is 0.0740. The van der Waals surface area contributed by atoms with E-state index in [0.717, 1.165) is 37.9 Å². The molecular weight excluding hydrogens is 423 g/mol. The summed E-state index contributed by atoms with van der Waals surface area (Å²) in [5.74, 6) is -0.945. The summed E-state index contributed by atoms with van der Waals surface area (Å²) in [7, 11) is 1.64. The van der Waals surface area contributed by atoms with Gasteiger partial charge in [-0.1, -0.05) is 13.0 Å². The Morgan fingerprint density at radius 3 is 2.56 bits per heavy atom. The zero-order valence-electron chi connectivity index (χ0n) is 19.2. The highest BCUT2D eigenvalue weighted by molar-refractivity contribution is 5.96. The van der Waals surface area contributed by atoms with Crippen LogP contribution in [0.25, 0.3) is 0 Å². The van der Waals surface area contributed by atoms with E-state index in [1.165, 1.54) is 12.1 Å². The van der Waals surface area contributed by atoms with Crippen LogP contribution in [0.4, 0.5) is 13.2 Å². The molecule has 0 bridgehead atoms. The fraction of sp³-hybridized carbons (Fsp3) is 0.652. The molecule has 0 spiro atoms. The maximum Gasteiger partial charge on any atom is 0.416 e. The number of hydrogen-bond donors (Lipinski definition) is 2. The summed E-state index contributed by atoms with van der Waals surface area (Å²) in [6.07, 6.45) is -1.88. The molecular formula is C23H34F3N3O3. The maximum absolute atomic E-state index is 12.8. The van der Waals surface area contributed by atoms with Crippen LogP contribution < -0.4 is 10.6 Å². The Morgan fingerprint density at radius 2 is 1.97 bits per heavy atom. The molecule has 3 atom stereocenters. The lowest BCUT2D eigenvalue weighted by molar-refractivity contribution is -0.137. The lowest BCUT2D eigenvalue weighted by atomic mass is 9.80. The molecule has 180 valence electrons. The van der Waals surface area contributed by atoms with Crippen LogP contribution in [0.3, 0.4) is 0 Å². The number of ether oxygens (including phenoxy) is 1. The quantitative estimate of drug-likeness (QED) is 0.596. The smallest absolute Gasteiger partial charge is 0.384 e. The third-order valence-electron chi connectivity index (χ3n) is 6.04. The van der Waals surface area contributed by atoms with Gasteiger partial charge in [0.1, 0.15) is 0 Å². The van der Waals surface area contributed by atoms with Crippen LogP contribution in [-0.2, 0) is 15.7 Å². The molecule has 2 rings (SSSR count). The predicted molar refractivity (Wildman–Crippen MR) is 116 cm³/mol. The molecule has 1 saturated carbocycles. The van der Waals surface area contributed by atoms with Gasteiger partial charge >= 0.3 is 6.18 Å². The van der Waals surface area contributed by atoms with E-state index in [0.29, 0.717) is 18.7 Å². The average Bonchev–Trinajstić information content (AvgIpc) is 2.73. The normalized spacial score (nSPS) is 21.6. The zero-order valence-corrected chi connectivity index (χ0v) is 19.2. The highest BCUT2D eigenvalue weighted by atomic mass is 19.4. The fourth-order valence-corrected chi connectivity index (χ4v) is 4.53. The topological polar surface area (TPSA) is 70.7 Å². The van der Waals surface area contributed by atoms with Gasteiger partial charge in [0, 0.05) is 36.7 Å². The van der Waals surface area contributed by atoms with Gasteiger partial charge in [0.25, 0.3) is 5.91 Å². The van der Waals surface area contributed by atoms with E-state index >= 15 is 0 Å². The van der Waals surface area contributed by atoms with Crippen LogP contribution in [0.15, 0.2) is 24.3 Å². The van der Waals surface area contributed by atoms with Crippen molar-refractivity contribution in [3.8, 4) is 0 Å². The number of amides is 2. The predicted octanol–water partition coefficient (Wildman–Crippen LogP) is 3.47. The fourth-order valence-electron chi connectivity index (χ4n) is 4.53. The third-order valence-corrected chi connectivity index (χ3v) is 6.04. The van der Waals surface area contributed by atoms with Crippen molar-refractivity contribution in [1.82, 2.24) is 15.5 Å². The van der Waals surface area contributed by atoms with Gasteiger partial charge in [-0.2, -0.15) is 13.2 Å². The minimum atomic E-state index is -4.54. The number of nitrogens with one attached hydrogen (secondary N) is 2. The first kappa shape index (κ1) is 26.1. The van der Waals surface area contributed by atoms with Crippen molar-refractivity contribution < 1.29 is 27.5 Å². The van der Waals surface area contributed by atoms with Crippen molar-refractivity contribution in [1.29, 1.82) is 0 Å². The van der Waals surface area contributed by atoms with Crippen molar-refractivity contribution in [2.45, 2.75) is 64.3 Å². The average molecular weight is 458 g/mol. The van der Waals surface area contributed by atoms with Crippen LogP contribution >= 0.6 is 0 Å². The van der Waals surface area contributed by atoms with Gasteiger partial charge < -0.3 is 15.4 Å². The molecule has 1 aliphatic carbocycles. The second kappa shape index (κ2) is 11.7. The van der Waals surface area contributed by atoms with Gasteiger partial charge in [-0.25, -0.2) is 0 Å². The van der Waals surface area contributed by atoms with E-state index in [1.807, 2.05) is 0 Å². The molecule has 32 heavy (non-hydrogen) atoms. The summed E-state index contributed by atoms with van der Waals surface area (Å²) in [4.78, 5) is 27.1. The standard InChI is InChI=1S/C23H34F3N3O3/c1-5-29(15(2)3)19-9-10-20(17(12-19)14-32-4)28-21(30)13-27-22(31)16-7-6-8-18(11-16)23(24,25)26/h6-8,11,15,17,19-20H,5,9-10,12-14H2,1-4H3,(H,27,31)(H,28,30)/t17-,19-,20+/m1/s1. The molecule has 0 unspecified atom stereocenters. The molecule has 0 heterocycles. The molecule has 0 aliphatic heterocycles. The van der Waals surface area contributed by atoms with Crippen molar-refractivity contribution in [2.24, 2.45) is 5.92 Å². The largest absolute Gasteiger partial charge is 0.416 e. The Balaban J connectivity index is 1.92. The number of carbonyl (C=O) groups is 2. The number of carbonyl (C=O) groups excluding carboxylic acids is 2. The molecule has 1 fully saturated rings. The Hall–Kier alpha value is -2.13.